The molecule has 1 aromatic carbocycles. The highest BCUT2D eigenvalue weighted by Gasteiger charge is 2.53. The number of fused-ring (bicyclic) bond motifs is 2. The lowest BCUT2D eigenvalue weighted by atomic mass is 9.89. The Balaban J connectivity index is 1.44. The summed E-state index contributed by atoms with van der Waals surface area (Å²) in [6, 6.07) is 3.63. The molecule has 0 radical (unpaired) electrons. The van der Waals surface area contributed by atoms with Crippen molar-refractivity contribution in [2.75, 3.05) is 13.1 Å². The fourth-order valence-electron chi connectivity index (χ4n) is 4.70. The van der Waals surface area contributed by atoms with Crippen LogP contribution in [0.2, 0.25) is 5.02 Å². The van der Waals surface area contributed by atoms with E-state index < -0.39 is 15.6 Å². The molecule has 0 spiro atoms. The predicted octanol–water partition coefficient (Wildman–Crippen LogP) is 2.24. The van der Waals surface area contributed by atoms with Crippen LogP contribution in [0.1, 0.15) is 31.2 Å². The molecule has 3 fully saturated rings. The molecule has 2 N–H and O–H groups in total. The van der Waals surface area contributed by atoms with Crippen molar-refractivity contribution in [2.45, 2.75) is 36.5 Å². The van der Waals surface area contributed by atoms with Crippen molar-refractivity contribution in [3.63, 3.8) is 0 Å². The molecule has 2 aromatic rings. The molecule has 0 amide bonds. The van der Waals surface area contributed by atoms with Crippen molar-refractivity contribution >= 4 is 32.5 Å². The van der Waals surface area contributed by atoms with Gasteiger partial charge in [-0.15, -0.1) is 0 Å². The third-order valence-corrected chi connectivity index (χ3v) is 8.61. The lowest BCUT2D eigenvalue weighted by Gasteiger charge is -2.27. The first-order valence-electron chi connectivity index (χ1n) is 8.71. The van der Waals surface area contributed by atoms with E-state index in [1.165, 1.54) is 0 Å². The first-order chi connectivity index (χ1) is 11.9. The summed E-state index contributed by atoms with van der Waals surface area (Å²) in [6.45, 7) is 1.05. The number of nitrogens with one attached hydrogen (secondary N) is 1. The van der Waals surface area contributed by atoms with Crippen molar-refractivity contribution in [1.29, 1.82) is 0 Å². The highest BCUT2D eigenvalue weighted by molar-refractivity contribution is 7.90. The number of aliphatic hydroxyl groups is 1. The molecule has 3 aliphatic rings. The van der Waals surface area contributed by atoms with E-state index in [4.69, 9.17) is 11.6 Å². The fraction of sp³-hybridized carbons (Fsp3) is 0.588. The Bertz CT molecular complexity index is 939. The number of H-pyrrole nitrogens is 1. The second kappa shape index (κ2) is 5.19. The molecular formula is C17H20ClN3O3S. The van der Waals surface area contributed by atoms with Gasteiger partial charge in [-0.1, -0.05) is 11.6 Å². The summed E-state index contributed by atoms with van der Waals surface area (Å²) < 4.78 is 26.6. The molecule has 134 valence electrons. The Hall–Kier alpha value is -1.15. The maximum Gasteiger partial charge on any atom is 0.216 e. The van der Waals surface area contributed by atoms with E-state index in [0.29, 0.717) is 31.0 Å². The van der Waals surface area contributed by atoms with Crippen LogP contribution in [0.3, 0.4) is 0 Å². The van der Waals surface area contributed by atoms with Crippen molar-refractivity contribution < 1.29 is 13.5 Å². The number of halogens is 1. The highest BCUT2D eigenvalue weighted by Crippen LogP contribution is 2.51. The molecular weight excluding hydrogens is 362 g/mol. The van der Waals surface area contributed by atoms with Crippen molar-refractivity contribution in [3.8, 4) is 0 Å². The van der Waals surface area contributed by atoms with Gasteiger partial charge < -0.3 is 5.11 Å². The minimum Gasteiger partial charge on any atom is -0.385 e. The number of hydrogen-bond donors (Lipinski definition) is 2. The molecule has 2 atom stereocenters. The van der Waals surface area contributed by atoms with E-state index in [0.717, 1.165) is 29.3 Å². The Morgan fingerprint density at radius 1 is 1.24 bits per heavy atom. The van der Waals surface area contributed by atoms with E-state index in [1.54, 1.807) is 10.5 Å². The second-order valence-electron chi connectivity index (χ2n) is 7.81. The van der Waals surface area contributed by atoms with Crippen LogP contribution in [-0.4, -0.2) is 46.4 Å². The van der Waals surface area contributed by atoms with E-state index in [-0.39, 0.29) is 17.1 Å². The van der Waals surface area contributed by atoms with Crippen molar-refractivity contribution in [2.24, 2.45) is 11.8 Å². The fourth-order valence-corrected chi connectivity index (χ4v) is 6.88. The van der Waals surface area contributed by atoms with Gasteiger partial charge in [0, 0.05) is 29.1 Å². The molecule has 2 unspecified atom stereocenters. The topological polar surface area (TPSA) is 86.3 Å². The predicted molar refractivity (Wildman–Crippen MR) is 94.7 cm³/mol. The molecule has 5 rings (SSSR count). The lowest BCUT2D eigenvalue weighted by Crippen LogP contribution is -2.34. The zero-order valence-electron chi connectivity index (χ0n) is 13.7. The largest absolute Gasteiger partial charge is 0.385 e. The van der Waals surface area contributed by atoms with Gasteiger partial charge in [-0.3, -0.25) is 5.10 Å². The first kappa shape index (κ1) is 16.1. The number of rotatable bonds is 3. The Morgan fingerprint density at radius 2 is 1.92 bits per heavy atom. The summed E-state index contributed by atoms with van der Waals surface area (Å²) in [4.78, 5) is 0. The van der Waals surface area contributed by atoms with Gasteiger partial charge >= 0.3 is 0 Å². The molecule has 1 saturated heterocycles. The minimum absolute atomic E-state index is 0.164. The minimum atomic E-state index is -3.13. The number of nitrogens with zero attached hydrogens (tertiary/aromatic N) is 2. The van der Waals surface area contributed by atoms with E-state index in [1.807, 2.05) is 12.1 Å². The summed E-state index contributed by atoms with van der Waals surface area (Å²) in [7, 11) is -3.13. The normalized spacial score (nSPS) is 33.2. The van der Waals surface area contributed by atoms with Crippen LogP contribution in [0.5, 0.6) is 0 Å². The summed E-state index contributed by atoms with van der Waals surface area (Å²) in [6.07, 6.45) is 4.40. The standard InChI is InChI=1S/C17H20ClN3O3S/c18-13-3-10-7-19-20-16(10)15(4-13)17(22)5-11-8-21(9-12(11)6-17)25(23,24)14-1-2-14/h3-4,7,11-12,14,22H,1-2,5-6,8-9H2,(H,19,20). The van der Waals surface area contributed by atoms with E-state index >= 15 is 0 Å². The maximum atomic E-state index is 12.5. The summed E-state index contributed by atoms with van der Waals surface area (Å²) in [5.74, 6) is 0.381. The molecule has 8 heteroatoms. The number of sulfonamides is 1. The Labute approximate surface area is 151 Å². The van der Waals surface area contributed by atoms with Crippen LogP contribution >= 0.6 is 11.6 Å². The number of aromatic nitrogens is 2. The van der Waals surface area contributed by atoms with Gasteiger partial charge in [0.25, 0.3) is 0 Å². The average molecular weight is 382 g/mol. The monoisotopic (exact) mass is 381 g/mol. The third kappa shape index (κ3) is 2.44. The van der Waals surface area contributed by atoms with Crippen LogP contribution in [0.15, 0.2) is 18.3 Å². The van der Waals surface area contributed by atoms with E-state index in [2.05, 4.69) is 10.2 Å². The molecule has 25 heavy (non-hydrogen) atoms. The third-order valence-electron chi connectivity index (χ3n) is 6.06. The SMILES string of the molecule is O=S(=O)(C1CC1)N1CC2CC(O)(c3cc(Cl)cc4cn[nH]c34)CC2C1. The smallest absolute Gasteiger partial charge is 0.216 e. The molecule has 0 bridgehead atoms. The molecule has 2 aliphatic carbocycles. The Kier molecular flexibility index (Phi) is 3.33. The molecule has 1 aromatic heterocycles. The number of aromatic amines is 1. The molecule has 1 aliphatic heterocycles. The van der Waals surface area contributed by atoms with Gasteiger partial charge in [-0.25, -0.2) is 12.7 Å². The summed E-state index contributed by atoms with van der Waals surface area (Å²) in [5, 5.41) is 19.7. The van der Waals surface area contributed by atoms with Crippen LogP contribution in [0.25, 0.3) is 10.9 Å². The van der Waals surface area contributed by atoms with Gasteiger partial charge in [0.1, 0.15) is 0 Å². The van der Waals surface area contributed by atoms with E-state index in [9.17, 15) is 13.5 Å². The first-order valence-corrected chi connectivity index (χ1v) is 10.6. The van der Waals surface area contributed by atoms with Crippen LogP contribution in [0, 0.1) is 11.8 Å². The van der Waals surface area contributed by atoms with Crippen molar-refractivity contribution in [3.05, 3.63) is 28.9 Å². The quantitative estimate of drug-likeness (QED) is 0.853. The van der Waals surface area contributed by atoms with Crippen LogP contribution < -0.4 is 0 Å². The summed E-state index contributed by atoms with van der Waals surface area (Å²) >= 11 is 6.23. The van der Waals surface area contributed by atoms with Gasteiger partial charge in [-0.2, -0.15) is 5.10 Å². The van der Waals surface area contributed by atoms with Crippen LogP contribution in [-0.2, 0) is 15.6 Å². The van der Waals surface area contributed by atoms with Gasteiger partial charge in [0.2, 0.25) is 10.0 Å². The molecule has 2 heterocycles. The lowest BCUT2D eigenvalue weighted by molar-refractivity contribution is 0.0352. The maximum absolute atomic E-state index is 12.5. The number of benzene rings is 1. The zero-order chi connectivity index (χ0) is 17.4. The number of hydrogen-bond acceptors (Lipinski definition) is 4. The molecule has 6 nitrogen and oxygen atoms in total. The van der Waals surface area contributed by atoms with Crippen molar-refractivity contribution in [1.82, 2.24) is 14.5 Å². The average Bonchev–Trinajstić information content (AvgIpc) is 3.07. The second-order valence-corrected chi connectivity index (χ2v) is 10.5. The Morgan fingerprint density at radius 3 is 2.56 bits per heavy atom. The van der Waals surface area contributed by atoms with Gasteiger partial charge in [0.05, 0.1) is 22.6 Å². The van der Waals surface area contributed by atoms with Crippen LogP contribution in [0.4, 0.5) is 0 Å². The van der Waals surface area contributed by atoms with Gasteiger partial charge in [0.15, 0.2) is 0 Å². The highest BCUT2D eigenvalue weighted by atomic mass is 35.5. The zero-order valence-corrected chi connectivity index (χ0v) is 15.2. The summed E-state index contributed by atoms with van der Waals surface area (Å²) in [5.41, 5.74) is 0.605. The molecule has 2 saturated carbocycles. The van der Waals surface area contributed by atoms with Gasteiger partial charge in [-0.05, 0) is 49.7 Å².